The number of aryl methyl sites for hydroxylation is 1. The van der Waals surface area contributed by atoms with E-state index in [4.69, 9.17) is 14.7 Å². The van der Waals surface area contributed by atoms with Crippen molar-refractivity contribution in [3.05, 3.63) is 29.1 Å². The summed E-state index contributed by atoms with van der Waals surface area (Å²) < 4.78 is 11.2. The van der Waals surface area contributed by atoms with E-state index in [2.05, 4.69) is 11.1 Å². The van der Waals surface area contributed by atoms with Crippen LogP contribution in [0.5, 0.6) is 0 Å². The smallest absolute Gasteiger partial charge is 0.272 e. The van der Waals surface area contributed by atoms with E-state index >= 15 is 0 Å². The Kier molecular flexibility index (Phi) is 5.47. The van der Waals surface area contributed by atoms with E-state index in [0.717, 1.165) is 0 Å². The number of hydrogen-bond donors (Lipinski definition) is 0. The molecule has 118 valence electrons. The highest BCUT2D eigenvalue weighted by molar-refractivity contribution is 5.92. The Labute approximate surface area is 130 Å². The molecule has 1 aromatic rings. The van der Waals surface area contributed by atoms with Crippen LogP contribution in [0.1, 0.15) is 35.6 Å². The topological polar surface area (TPSA) is 75.5 Å². The van der Waals surface area contributed by atoms with Gasteiger partial charge in [-0.15, -0.1) is 0 Å². The first-order valence-electron chi connectivity index (χ1n) is 7.41. The fraction of sp³-hybridized carbons (Fsp3) is 0.562. The number of morpholine rings is 1. The average molecular weight is 303 g/mol. The van der Waals surface area contributed by atoms with Gasteiger partial charge in [-0.2, -0.15) is 5.26 Å². The molecule has 1 amide bonds. The summed E-state index contributed by atoms with van der Waals surface area (Å²) in [6.07, 6.45) is 0.0251. The van der Waals surface area contributed by atoms with E-state index in [1.165, 1.54) is 0 Å². The molecule has 0 N–H and O–H groups in total. The minimum atomic E-state index is -0.134. The predicted molar refractivity (Wildman–Crippen MR) is 80.4 cm³/mol. The molecule has 1 aromatic heterocycles. The van der Waals surface area contributed by atoms with Crippen LogP contribution in [-0.4, -0.2) is 54.3 Å². The summed E-state index contributed by atoms with van der Waals surface area (Å²) in [7, 11) is 0. The molecule has 1 saturated heterocycles. The van der Waals surface area contributed by atoms with Crippen molar-refractivity contribution in [2.45, 2.75) is 33.0 Å². The second-order valence-electron chi connectivity index (χ2n) is 5.57. The summed E-state index contributed by atoms with van der Waals surface area (Å²) >= 11 is 0. The molecule has 1 atom stereocenters. The van der Waals surface area contributed by atoms with E-state index in [0.29, 0.717) is 43.3 Å². The van der Waals surface area contributed by atoms with Crippen molar-refractivity contribution in [2.24, 2.45) is 0 Å². The van der Waals surface area contributed by atoms with E-state index in [-0.39, 0.29) is 18.1 Å². The zero-order valence-corrected chi connectivity index (χ0v) is 13.2. The monoisotopic (exact) mass is 303 g/mol. The standard InChI is InChI=1S/C16H21N3O3/c1-11(2)22-10-14-9-19(6-7-21-14)16(20)15-5-4-13(8-17)12(3)18-15/h4-5,11,14H,6-7,9-10H2,1-3H3. The van der Waals surface area contributed by atoms with Crippen LogP contribution in [0.4, 0.5) is 0 Å². The van der Waals surface area contributed by atoms with Crippen molar-refractivity contribution >= 4 is 5.91 Å². The summed E-state index contributed by atoms with van der Waals surface area (Å²) in [6, 6.07) is 5.29. The highest BCUT2D eigenvalue weighted by atomic mass is 16.5. The van der Waals surface area contributed by atoms with Gasteiger partial charge in [0, 0.05) is 13.1 Å². The number of nitrogens with zero attached hydrogens (tertiary/aromatic N) is 3. The van der Waals surface area contributed by atoms with Crippen molar-refractivity contribution in [3.8, 4) is 6.07 Å². The maximum Gasteiger partial charge on any atom is 0.272 e. The summed E-state index contributed by atoms with van der Waals surface area (Å²) in [6.45, 7) is 7.66. The molecule has 0 aromatic carbocycles. The van der Waals surface area contributed by atoms with Gasteiger partial charge in [0.15, 0.2) is 0 Å². The van der Waals surface area contributed by atoms with Crippen LogP contribution in [-0.2, 0) is 9.47 Å². The number of pyridine rings is 1. The van der Waals surface area contributed by atoms with E-state index < -0.39 is 0 Å². The molecule has 2 heterocycles. The first-order chi connectivity index (χ1) is 10.5. The third kappa shape index (κ3) is 4.03. The van der Waals surface area contributed by atoms with Gasteiger partial charge in [0.1, 0.15) is 11.8 Å². The molecule has 1 unspecified atom stereocenters. The van der Waals surface area contributed by atoms with Crippen LogP contribution in [0, 0.1) is 18.3 Å². The van der Waals surface area contributed by atoms with Crippen molar-refractivity contribution in [1.29, 1.82) is 5.26 Å². The molecule has 0 spiro atoms. The first kappa shape index (κ1) is 16.4. The largest absolute Gasteiger partial charge is 0.376 e. The summed E-state index contributed by atoms with van der Waals surface area (Å²) in [5.41, 5.74) is 1.42. The van der Waals surface area contributed by atoms with E-state index in [9.17, 15) is 4.79 Å². The number of aromatic nitrogens is 1. The molecule has 0 bridgehead atoms. The highest BCUT2D eigenvalue weighted by Gasteiger charge is 2.26. The summed E-state index contributed by atoms with van der Waals surface area (Å²) in [5.74, 6) is -0.134. The van der Waals surface area contributed by atoms with Gasteiger partial charge >= 0.3 is 0 Å². The van der Waals surface area contributed by atoms with E-state index in [1.807, 2.05) is 13.8 Å². The van der Waals surface area contributed by atoms with Crippen LogP contribution in [0.2, 0.25) is 0 Å². The number of carbonyl (C=O) groups excluding carboxylic acids is 1. The van der Waals surface area contributed by atoms with Gasteiger partial charge in [0.25, 0.3) is 5.91 Å². The van der Waals surface area contributed by atoms with Crippen LogP contribution < -0.4 is 0 Å². The third-order valence-corrected chi connectivity index (χ3v) is 3.47. The molecule has 6 nitrogen and oxygen atoms in total. The first-order valence-corrected chi connectivity index (χ1v) is 7.41. The van der Waals surface area contributed by atoms with Crippen molar-refractivity contribution in [3.63, 3.8) is 0 Å². The fourth-order valence-electron chi connectivity index (χ4n) is 2.26. The van der Waals surface area contributed by atoms with Crippen LogP contribution >= 0.6 is 0 Å². The second-order valence-corrected chi connectivity index (χ2v) is 5.57. The Morgan fingerprint density at radius 1 is 1.59 bits per heavy atom. The van der Waals surface area contributed by atoms with Gasteiger partial charge in [-0.05, 0) is 32.9 Å². The summed E-state index contributed by atoms with van der Waals surface area (Å²) in [4.78, 5) is 18.5. The Bertz CT molecular complexity index is 580. The quantitative estimate of drug-likeness (QED) is 0.843. The van der Waals surface area contributed by atoms with Crippen molar-refractivity contribution < 1.29 is 14.3 Å². The molecule has 1 aliphatic heterocycles. The molecule has 1 fully saturated rings. The van der Waals surface area contributed by atoms with E-state index in [1.54, 1.807) is 24.0 Å². The fourth-order valence-corrected chi connectivity index (χ4v) is 2.26. The van der Waals surface area contributed by atoms with Gasteiger partial charge in [0.05, 0.1) is 36.7 Å². The number of ether oxygens (including phenoxy) is 2. The minimum absolute atomic E-state index is 0.112. The normalized spacial score (nSPS) is 18.3. The second kappa shape index (κ2) is 7.34. The lowest BCUT2D eigenvalue weighted by molar-refractivity contribution is -0.0726. The van der Waals surface area contributed by atoms with Gasteiger partial charge < -0.3 is 14.4 Å². The Balaban J connectivity index is 2.02. The number of rotatable bonds is 4. The molecule has 0 saturated carbocycles. The molecular formula is C16H21N3O3. The van der Waals surface area contributed by atoms with Crippen molar-refractivity contribution in [1.82, 2.24) is 9.88 Å². The lowest BCUT2D eigenvalue weighted by Crippen LogP contribution is -2.47. The number of carbonyl (C=O) groups is 1. The average Bonchev–Trinajstić information content (AvgIpc) is 2.52. The highest BCUT2D eigenvalue weighted by Crippen LogP contribution is 2.12. The third-order valence-electron chi connectivity index (χ3n) is 3.47. The van der Waals surface area contributed by atoms with Crippen LogP contribution in [0.15, 0.2) is 12.1 Å². The minimum Gasteiger partial charge on any atom is -0.376 e. The lowest BCUT2D eigenvalue weighted by atomic mass is 10.2. The maximum absolute atomic E-state index is 12.5. The Hall–Kier alpha value is -1.97. The molecule has 2 rings (SSSR count). The van der Waals surface area contributed by atoms with Crippen LogP contribution in [0.3, 0.4) is 0 Å². The molecule has 0 aliphatic carbocycles. The number of amides is 1. The molecule has 22 heavy (non-hydrogen) atoms. The zero-order chi connectivity index (χ0) is 16.1. The van der Waals surface area contributed by atoms with Crippen LogP contribution in [0.25, 0.3) is 0 Å². The zero-order valence-electron chi connectivity index (χ0n) is 13.2. The summed E-state index contributed by atoms with van der Waals surface area (Å²) in [5, 5.41) is 8.92. The molecule has 0 radical (unpaired) electrons. The van der Waals surface area contributed by atoms with Gasteiger partial charge in [0.2, 0.25) is 0 Å². The molecule has 6 heteroatoms. The van der Waals surface area contributed by atoms with Gasteiger partial charge in [-0.25, -0.2) is 4.98 Å². The Morgan fingerprint density at radius 3 is 3.00 bits per heavy atom. The number of hydrogen-bond acceptors (Lipinski definition) is 5. The Morgan fingerprint density at radius 2 is 2.36 bits per heavy atom. The predicted octanol–water partition coefficient (Wildman–Crippen LogP) is 1.53. The van der Waals surface area contributed by atoms with Gasteiger partial charge in [-0.3, -0.25) is 4.79 Å². The van der Waals surface area contributed by atoms with Gasteiger partial charge in [-0.1, -0.05) is 0 Å². The lowest BCUT2D eigenvalue weighted by Gasteiger charge is -2.33. The maximum atomic E-state index is 12.5. The molecular weight excluding hydrogens is 282 g/mol. The SMILES string of the molecule is Cc1nc(C(=O)N2CCOC(COC(C)C)C2)ccc1C#N. The van der Waals surface area contributed by atoms with Crippen molar-refractivity contribution in [2.75, 3.05) is 26.3 Å². The molecule has 1 aliphatic rings. The number of nitriles is 1.